The van der Waals surface area contributed by atoms with Crippen LogP contribution < -0.4 is 14.5 Å². The van der Waals surface area contributed by atoms with Crippen LogP contribution in [0.4, 0.5) is 11.4 Å². The third kappa shape index (κ3) is 10.1. The largest absolute Gasteiger partial charge is 0.457 e. The van der Waals surface area contributed by atoms with Crippen LogP contribution in [-0.4, -0.2) is 16.2 Å². The maximum Gasteiger partial charge on any atom is 0.138 e. The molecular weight excluding hydrogens is 913 g/mol. The first-order valence-electron chi connectivity index (χ1n) is 27.2. The maximum atomic E-state index is 7.10. The Bertz CT molecular complexity index is 3520. The van der Waals surface area contributed by atoms with Gasteiger partial charge in [-0.05, 0) is 150 Å². The van der Waals surface area contributed by atoms with E-state index in [1.807, 2.05) is 6.20 Å². The van der Waals surface area contributed by atoms with Gasteiger partial charge in [0, 0.05) is 58.3 Å². The number of pyridine rings is 1. The van der Waals surface area contributed by atoms with E-state index in [9.17, 15) is 0 Å². The number of benzene rings is 7. The first kappa shape index (κ1) is 51.1. The second-order valence-electron chi connectivity index (χ2n) is 24.5. The zero-order valence-corrected chi connectivity index (χ0v) is 46.9. The summed E-state index contributed by atoms with van der Waals surface area (Å²) in [5.74, 6) is 3.53. The highest BCUT2D eigenvalue weighted by molar-refractivity contribution is 6.10. The lowest BCUT2D eigenvalue weighted by atomic mass is 9.78. The summed E-state index contributed by atoms with van der Waals surface area (Å²) in [5.41, 5.74) is 18.3. The molecule has 1 aliphatic rings. The number of hydrogen-bond acceptors (Lipinski definition) is 4. The van der Waals surface area contributed by atoms with Crippen molar-refractivity contribution in [2.45, 2.75) is 131 Å². The number of aromatic nitrogens is 2. The van der Waals surface area contributed by atoms with Crippen LogP contribution in [0.1, 0.15) is 154 Å². The van der Waals surface area contributed by atoms with Crippen molar-refractivity contribution in [3.63, 3.8) is 0 Å². The van der Waals surface area contributed by atoms with Crippen LogP contribution in [0.15, 0.2) is 176 Å². The lowest BCUT2D eigenvalue weighted by Gasteiger charge is -2.29. The van der Waals surface area contributed by atoms with E-state index in [0.29, 0.717) is 24.4 Å². The molecule has 0 atom stereocenters. The topological polar surface area (TPSA) is 33.5 Å². The van der Waals surface area contributed by atoms with Gasteiger partial charge >= 0.3 is 0 Å². The van der Waals surface area contributed by atoms with E-state index in [1.165, 1.54) is 61.1 Å². The van der Waals surface area contributed by atoms with Gasteiger partial charge in [-0.3, -0.25) is 4.57 Å². The summed E-state index contributed by atoms with van der Waals surface area (Å²) in [7, 11) is 0. The Balaban J connectivity index is 1.10. The summed E-state index contributed by atoms with van der Waals surface area (Å²) >= 11 is 0. The monoisotopic (exact) mass is 989 g/mol. The average Bonchev–Trinajstić information content (AvgIpc) is 4.03. The van der Waals surface area contributed by atoms with Gasteiger partial charge in [-0.1, -0.05) is 182 Å². The van der Waals surface area contributed by atoms with E-state index in [1.54, 1.807) is 0 Å². The van der Waals surface area contributed by atoms with Crippen molar-refractivity contribution in [2.75, 3.05) is 16.5 Å². The molecule has 9 aromatic rings. The molecule has 75 heavy (non-hydrogen) atoms. The predicted molar refractivity (Wildman–Crippen MR) is 320 cm³/mol. The Morgan fingerprint density at radius 3 is 1.67 bits per heavy atom. The number of fused-ring (bicyclic) bond motifs is 3. The fourth-order valence-electron chi connectivity index (χ4n) is 10.8. The molecule has 0 saturated carbocycles. The van der Waals surface area contributed by atoms with Crippen LogP contribution in [0.2, 0.25) is 0 Å². The van der Waals surface area contributed by atoms with Gasteiger partial charge in [-0.15, -0.1) is 0 Å². The molecule has 1 aliphatic heterocycles. The highest BCUT2D eigenvalue weighted by Crippen LogP contribution is 2.44. The highest BCUT2D eigenvalue weighted by atomic mass is 16.5. The minimum atomic E-state index is -0.220. The van der Waals surface area contributed by atoms with Gasteiger partial charge < -0.3 is 14.5 Å². The minimum Gasteiger partial charge on any atom is -0.457 e. The molecule has 3 heterocycles. The molecule has 0 aliphatic carbocycles. The summed E-state index contributed by atoms with van der Waals surface area (Å²) in [5, 5.41) is 2.33. The van der Waals surface area contributed by atoms with Crippen LogP contribution in [0, 0.1) is 0 Å². The third-order valence-electron chi connectivity index (χ3n) is 15.6. The molecule has 7 aromatic carbocycles. The van der Waals surface area contributed by atoms with Crippen LogP contribution in [0.3, 0.4) is 0 Å². The van der Waals surface area contributed by atoms with E-state index in [0.717, 1.165) is 50.6 Å². The van der Waals surface area contributed by atoms with Crippen molar-refractivity contribution in [3.8, 4) is 39.6 Å². The molecule has 0 spiro atoms. The molecule has 0 radical (unpaired) electrons. The van der Waals surface area contributed by atoms with Gasteiger partial charge in [-0.25, -0.2) is 4.98 Å². The zero-order chi connectivity index (χ0) is 53.1. The summed E-state index contributed by atoms with van der Waals surface area (Å²) in [6, 6.07) is 58.2. The molecule has 0 unspecified atom stereocenters. The molecule has 0 saturated heterocycles. The second kappa shape index (κ2) is 19.7. The summed E-state index contributed by atoms with van der Waals surface area (Å²) in [4.78, 5) is 9.88. The second-order valence-corrected chi connectivity index (χ2v) is 24.5. The molecule has 2 aromatic heterocycles. The quantitative estimate of drug-likeness (QED) is 0.122. The fraction of sp³-hybridized carbons (Fsp3) is 0.300. The molecule has 0 fully saturated rings. The van der Waals surface area contributed by atoms with Gasteiger partial charge in [0.25, 0.3) is 0 Å². The predicted octanol–water partition coefficient (Wildman–Crippen LogP) is 19.4. The molecule has 10 rings (SSSR count). The Kier molecular flexibility index (Phi) is 13.4. The zero-order valence-electron chi connectivity index (χ0n) is 46.9. The van der Waals surface area contributed by atoms with Gasteiger partial charge in [0.05, 0.1) is 17.7 Å². The van der Waals surface area contributed by atoms with E-state index in [4.69, 9.17) is 9.72 Å². The van der Waals surface area contributed by atoms with Crippen molar-refractivity contribution in [2.24, 2.45) is 0 Å². The normalized spacial score (nSPS) is 13.4. The number of nitrogens with zero attached hydrogens (tertiary/aromatic N) is 4. The van der Waals surface area contributed by atoms with E-state index < -0.39 is 0 Å². The van der Waals surface area contributed by atoms with Crippen molar-refractivity contribution >= 4 is 33.2 Å². The third-order valence-corrected chi connectivity index (χ3v) is 15.6. The first-order chi connectivity index (χ1) is 35.6. The van der Waals surface area contributed by atoms with Crippen molar-refractivity contribution in [1.29, 1.82) is 0 Å². The van der Waals surface area contributed by atoms with Gasteiger partial charge in [0.2, 0.25) is 0 Å². The number of anilines is 2. The summed E-state index contributed by atoms with van der Waals surface area (Å²) < 4.78 is 9.45. The summed E-state index contributed by atoms with van der Waals surface area (Å²) in [6.07, 6.45) is 6.40. The molecule has 0 amide bonds. The Morgan fingerprint density at radius 2 is 1.07 bits per heavy atom. The Morgan fingerprint density at radius 1 is 0.453 bits per heavy atom. The average molecular weight is 989 g/mol. The Hall–Kier alpha value is -7.37. The molecular formula is C70H76N4O. The van der Waals surface area contributed by atoms with Crippen LogP contribution >= 0.6 is 0 Å². The highest BCUT2D eigenvalue weighted by Gasteiger charge is 2.28. The van der Waals surface area contributed by atoms with Crippen LogP contribution in [-0.2, 0) is 16.2 Å². The molecule has 0 bridgehead atoms. The van der Waals surface area contributed by atoms with E-state index >= 15 is 0 Å². The van der Waals surface area contributed by atoms with Crippen LogP contribution in [0.5, 0.6) is 11.5 Å². The van der Waals surface area contributed by atoms with Gasteiger partial charge in [0.15, 0.2) is 0 Å². The van der Waals surface area contributed by atoms with E-state index in [-0.39, 0.29) is 16.2 Å². The number of ether oxygens (including phenoxy) is 1. The van der Waals surface area contributed by atoms with Gasteiger partial charge in [0.1, 0.15) is 17.3 Å². The molecule has 0 N–H and O–H groups in total. The minimum absolute atomic E-state index is 0.0185. The summed E-state index contributed by atoms with van der Waals surface area (Å²) in [6.45, 7) is 33.0. The van der Waals surface area contributed by atoms with Crippen LogP contribution in [0.25, 0.3) is 49.9 Å². The maximum absolute atomic E-state index is 7.10. The fourth-order valence-corrected chi connectivity index (χ4v) is 10.8. The van der Waals surface area contributed by atoms with Crippen molar-refractivity contribution < 1.29 is 4.74 Å². The lowest BCUT2D eigenvalue weighted by molar-refractivity contribution is 0.483. The SMILES string of the molecule is CC(C)c1cc(C(C)C)c(-c2ccnc(-n3c4ccc(C(C)(C)c5ccccc5)cc4c4ccc(Oc5cc(-c6ccccc6)cc(N6C=CN(c7cc(C(C)(C)C)cc(C(C)(C)C)c7)C6)c5)cc43)c2)c(C(C)C)c1. The smallest absolute Gasteiger partial charge is 0.138 e. The molecule has 5 heteroatoms. The van der Waals surface area contributed by atoms with Crippen molar-refractivity contribution in [3.05, 3.63) is 215 Å². The van der Waals surface area contributed by atoms with Gasteiger partial charge in [-0.2, -0.15) is 0 Å². The van der Waals surface area contributed by atoms with E-state index in [2.05, 4.69) is 281 Å². The molecule has 382 valence electrons. The number of hydrogen-bond donors (Lipinski definition) is 0. The Labute approximate surface area is 447 Å². The molecule has 5 nitrogen and oxygen atoms in total. The standard InChI is InChI=1S/C70H76N4O/c1-45(2)50-35-61(46(3)4)67(62(36-50)47(5)6)49-29-30-71-66(37-49)74-64-28-25-53(70(13,14)52-23-19-16-20-24-52)41-63(64)60-27-26-58(43-65(60)74)75-59-34-51(48-21-17-15-18-22-48)33-56(42-59)72-31-32-73(44-72)57-39-54(68(7,8)9)38-55(40-57)69(10,11)12/h15-43,45-47H,44H2,1-14H3. The van der Waals surface area contributed by atoms with Crippen molar-refractivity contribution in [1.82, 2.24) is 9.55 Å². The first-order valence-corrected chi connectivity index (χ1v) is 27.2. The lowest BCUT2D eigenvalue weighted by Crippen LogP contribution is -2.26. The number of rotatable bonds is 12.